The van der Waals surface area contributed by atoms with Crippen LogP contribution in [0.1, 0.15) is 5.56 Å². The van der Waals surface area contributed by atoms with E-state index in [1.165, 1.54) is 6.08 Å². The number of halogens is 1. The van der Waals surface area contributed by atoms with Crippen LogP contribution in [0.25, 0.3) is 5.57 Å². The summed E-state index contributed by atoms with van der Waals surface area (Å²) in [4.78, 5) is 10.7. The predicted molar refractivity (Wildman–Crippen MR) is 60.1 cm³/mol. The van der Waals surface area contributed by atoms with Crippen molar-refractivity contribution < 1.29 is 9.90 Å². The van der Waals surface area contributed by atoms with Crippen LogP contribution < -0.4 is 0 Å². The minimum absolute atomic E-state index is 0.124. The molecular weight excluding hydrogens is 244 g/mol. The maximum atomic E-state index is 10.7. The van der Waals surface area contributed by atoms with E-state index in [0.29, 0.717) is 5.57 Å². The lowest BCUT2D eigenvalue weighted by Gasteiger charge is -2.03. The van der Waals surface area contributed by atoms with Crippen LogP contribution in [0.4, 0.5) is 0 Å². The maximum Gasteiger partial charge on any atom is 0.343 e. The van der Waals surface area contributed by atoms with Crippen LogP contribution in [0.5, 0.6) is 0 Å². The van der Waals surface area contributed by atoms with Crippen molar-refractivity contribution in [2.45, 2.75) is 0 Å². The Morgan fingerprint density at radius 2 is 1.93 bits per heavy atom. The molecule has 0 aromatic heterocycles. The molecule has 0 heterocycles. The molecule has 0 atom stereocenters. The first-order chi connectivity index (χ1) is 6.66. The van der Waals surface area contributed by atoms with Crippen LogP contribution >= 0.6 is 15.9 Å². The van der Waals surface area contributed by atoms with Crippen molar-refractivity contribution in [2.24, 2.45) is 0 Å². The Labute approximate surface area is 90.7 Å². The second-order valence-electron chi connectivity index (χ2n) is 2.60. The highest BCUT2D eigenvalue weighted by molar-refractivity contribution is 9.12. The van der Waals surface area contributed by atoms with Crippen molar-refractivity contribution in [3.05, 3.63) is 53.0 Å². The van der Waals surface area contributed by atoms with Crippen molar-refractivity contribution in [1.82, 2.24) is 0 Å². The molecule has 1 aromatic rings. The summed E-state index contributed by atoms with van der Waals surface area (Å²) in [6.45, 7) is 3.59. The van der Waals surface area contributed by atoms with E-state index in [4.69, 9.17) is 5.11 Å². The summed E-state index contributed by atoms with van der Waals surface area (Å²) in [5, 5.41) is 8.79. The van der Waals surface area contributed by atoms with Gasteiger partial charge in [0, 0.05) is 5.57 Å². The fourth-order valence-electron chi connectivity index (χ4n) is 1.07. The number of benzene rings is 1. The summed E-state index contributed by atoms with van der Waals surface area (Å²) in [6, 6.07) is 9.24. The summed E-state index contributed by atoms with van der Waals surface area (Å²) in [7, 11) is 0. The number of hydrogen-bond donors (Lipinski definition) is 1. The first-order valence-corrected chi connectivity index (χ1v) is 4.77. The fraction of sp³-hybridized carbons (Fsp3) is 0. The van der Waals surface area contributed by atoms with Gasteiger partial charge in [0.25, 0.3) is 0 Å². The Bertz CT molecular complexity index is 380. The zero-order valence-corrected chi connectivity index (χ0v) is 8.99. The highest BCUT2D eigenvalue weighted by Gasteiger charge is 2.09. The second-order valence-corrected chi connectivity index (χ2v) is 3.40. The maximum absolute atomic E-state index is 10.7. The van der Waals surface area contributed by atoms with Crippen LogP contribution in [0, 0.1) is 0 Å². The molecule has 0 radical (unpaired) electrons. The SMILES string of the molecule is C=CC(=C(Br)C(=O)O)c1ccccc1. The molecule has 0 bridgehead atoms. The minimum Gasteiger partial charge on any atom is -0.477 e. The van der Waals surface area contributed by atoms with Gasteiger partial charge in [-0.2, -0.15) is 0 Å². The molecule has 0 unspecified atom stereocenters. The second kappa shape index (κ2) is 4.77. The number of allylic oxidation sites excluding steroid dienone is 2. The molecule has 0 fully saturated rings. The Balaban J connectivity index is 3.24. The van der Waals surface area contributed by atoms with Gasteiger partial charge in [-0.05, 0) is 21.5 Å². The van der Waals surface area contributed by atoms with Crippen LogP contribution in [-0.4, -0.2) is 11.1 Å². The van der Waals surface area contributed by atoms with E-state index in [-0.39, 0.29) is 4.48 Å². The average Bonchev–Trinajstić information content (AvgIpc) is 2.20. The quantitative estimate of drug-likeness (QED) is 0.664. The molecule has 1 aromatic carbocycles. The largest absolute Gasteiger partial charge is 0.477 e. The third-order valence-corrected chi connectivity index (χ3v) is 2.48. The zero-order valence-electron chi connectivity index (χ0n) is 7.40. The molecule has 72 valence electrons. The third-order valence-electron chi connectivity index (χ3n) is 1.71. The van der Waals surface area contributed by atoms with Gasteiger partial charge in [-0.1, -0.05) is 43.0 Å². The average molecular weight is 253 g/mol. The molecule has 0 aliphatic rings. The van der Waals surface area contributed by atoms with Gasteiger partial charge in [-0.25, -0.2) is 4.79 Å². The Hall–Kier alpha value is -1.35. The van der Waals surface area contributed by atoms with Crippen LogP contribution in [0.15, 0.2) is 47.5 Å². The summed E-state index contributed by atoms with van der Waals surface area (Å²) in [5.74, 6) is -0.997. The third kappa shape index (κ3) is 2.33. The van der Waals surface area contributed by atoms with Crippen molar-refractivity contribution in [3.63, 3.8) is 0 Å². The molecule has 1 rings (SSSR count). The first-order valence-electron chi connectivity index (χ1n) is 3.97. The number of carbonyl (C=O) groups is 1. The molecular formula is C11H9BrO2. The monoisotopic (exact) mass is 252 g/mol. The molecule has 0 aliphatic carbocycles. The van der Waals surface area contributed by atoms with Crippen LogP contribution in [-0.2, 0) is 4.79 Å². The van der Waals surface area contributed by atoms with Crippen LogP contribution in [0.3, 0.4) is 0 Å². The Morgan fingerprint density at radius 1 is 1.36 bits per heavy atom. The van der Waals surface area contributed by atoms with E-state index in [1.807, 2.05) is 30.3 Å². The van der Waals surface area contributed by atoms with Gasteiger partial charge >= 0.3 is 5.97 Å². The van der Waals surface area contributed by atoms with E-state index in [9.17, 15) is 4.79 Å². The van der Waals surface area contributed by atoms with Gasteiger partial charge < -0.3 is 5.11 Å². The number of hydrogen-bond acceptors (Lipinski definition) is 1. The Kier molecular flexibility index (Phi) is 3.65. The molecule has 3 heteroatoms. The smallest absolute Gasteiger partial charge is 0.343 e. The highest BCUT2D eigenvalue weighted by Crippen LogP contribution is 2.23. The lowest BCUT2D eigenvalue weighted by molar-refractivity contribution is -0.131. The van der Waals surface area contributed by atoms with E-state index in [0.717, 1.165) is 5.56 Å². The number of rotatable bonds is 3. The topological polar surface area (TPSA) is 37.3 Å². The minimum atomic E-state index is -0.997. The number of aliphatic carboxylic acids is 1. The number of carboxylic acid groups (broad SMARTS) is 1. The molecule has 0 amide bonds. The van der Waals surface area contributed by atoms with Gasteiger partial charge in [0.15, 0.2) is 0 Å². The van der Waals surface area contributed by atoms with Gasteiger partial charge in [-0.15, -0.1) is 0 Å². The molecule has 1 N–H and O–H groups in total. The highest BCUT2D eigenvalue weighted by atomic mass is 79.9. The van der Waals surface area contributed by atoms with Crippen molar-refractivity contribution in [3.8, 4) is 0 Å². The van der Waals surface area contributed by atoms with Gasteiger partial charge in [-0.3, -0.25) is 0 Å². The molecule has 0 saturated carbocycles. The van der Waals surface area contributed by atoms with E-state index in [1.54, 1.807) is 0 Å². The van der Waals surface area contributed by atoms with Gasteiger partial charge in [0.1, 0.15) is 4.48 Å². The standard InChI is InChI=1S/C11H9BrO2/c1-2-9(10(12)11(13)14)8-6-4-3-5-7-8/h2-7H,1H2,(H,13,14). The predicted octanol–water partition coefficient (Wildman–Crippen LogP) is 3.06. The zero-order chi connectivity index (χ0) is 10.6. The van der Waals surface area contributed by atoms with Crippen molar-refractivity contribution in [1.29, 1.82) is 0 Å². The van der Waals surface area contributed by atoms with E-state index >= 15 is 0 Å². The summed E-state index contributed by atoms with van der Waals surface area (Å²) in [6.07, 6.45) is 1.52. The van der Waals surface area contributed by atoms with E-state index < -0.39 is 5.97 Å². The van der Waals surface area contributed by atoms with Crippen LogP contribution in [0.2, 0.25) is 0 Å². The normalized spacial score (nSPS) is 11.8. The molecule has 2 nitrogen and oxygen atoms in total. The van der Waals surface area contributed by atoms with Gasteiger partial charge in [0.2, 0.25) is 0 Å². The Morgan fingerprint density at radius 3 is 2.36 bits per heavy atom. The summed E-state index contributed by atoms with van der Waals surface area (Å²) in [5.41, 5.74) is 1.41. The molecule has 0 saturated heterocycles. The van der Waals surface area contributed by atoms with Gasteiger partial charge in [0.05, 0.1) is 0 Å². The lowest BCUT2D eigenvalue weighted by atomic mass is 10.1. The molecule has 14 heavy (non-hydrogen) atoms. The first kappa shape index (κ1) is 10.7. The molecule has 0 spiro atoms. The van der Waals surface area contributed by atoms with Crippen molar-refractivity contribution >= 4 is 27.5 Å². The molecule has 0 aliphatic heterocycles. The lowest BCUT2D eigenvalue weighted by Crippen LogP contribution is -1.96. The summed E-state index contributed by atoms with van der Waals surface area (Å²) < 4.78 is 0.124. The van der Waals surface area contributed by atoms with E-state index in [2.05, 4.69) is 22.5 Å². The van der Waals surface area contributed by atoms with Crippen molar-refractivity contribution in [2.75, 3.05) is 0 Å². The summed E-state index contributed by atoms with van der Waals surface area (Å²) >= 11 is 3.01. The fourth-order valence-corrected chi connectivity index (χ4v) is 1.46. The number of carboxylic acids is 1.